The summed E-state index contributed by atoms with van der Waals surface area (Å²) in [6, 6.07) is 9.58. The number of aryl methyl sites for hydroxylation is 1. The lowest BCUT2D eigenvalue weighted by atomic mass is 9.98. The number of thioether (sulfide) groups is 1. The number of hydrogen-bond acceptors (Lipinski definition) is 2. The van der Waals surface area contributed by atoms with Crippen LogP contribution in [-0.2, 0) is 4.79 Å². The number of carbonyl (C=O) groups excluding carboxylic acids is 1. The van der Waals surface area contributed by atoms with Gasteiger partial charge in [0.1, 0.15) is 0 Å². The molecule has 2 aromatic rings. The van der Waals surface area contributed by atoms with Gasteiger partial charge in [-0.25, -0.2) is 8.78 Å². The molecule has 1 atom stereocenters. The third-order valence-electron chi connectivity index (χ3n) is 3.75. The van der Waals surface area contributed by atoms with Crippen molar-refractivity contribution in [3.8, 4) is 0 Å². The first-order valence-corrected chi connectivity index (χ1v) is 8.69. The molecule has 0 aliphatic heterocycles. The standard InChI is InChI=1S/C19H21F2NOS/c1-11(2)15-7-5-6-12(3)18(15)22-19(23)13(4)24-14-8-9-16(20)17(21)10-14/h5-11,13H,1-4H3,(H,22,23)/t13-/m0/s1. The Hall–Kier alpha value is -1.88. The van der Waals surface area contributed by atoms with E-state index in [9.17, 15) is 13.6 Å². The summed E-state index contributed by atoms with van der Waals surface area (Å²) in [5, 5.41) is 2.54. The SMILES string of the molecule is Cc1cccc(C(C)C)c1NC(=O)[C@H](C)Sc1ccc(F)c(F)c1. The number of benzene rings is 2. The van der Waals surface area contributed by atoms with Crippen molar-refractivity contribution in [3.05, 3.63) is 59.2 Å². The lowest BCUT2D eigenvalue weighted by molar-refractivity contribution is -0.115. The minimum atomic E-state index is -0.909. The molecule has 0 saturated heterocycles. The van der Waals surface area contributed by atoms with E-state index < -0.39 is 16.9 Å². The molecule has 0 unspecified atom stereocenters. The van der Waals surface area contributed by atoms with Gasteiger partial charge >= 0.3 is 0 Å². The Morgan fingerprint density at radius 2 is 1.79 bits per heavy atom. The molecular formula is C19H21F2NOS. The molecule has 0 heterocycles. The van der Waals surface area contributed by atoms with Gasteiger partial charge in [-0.3, -0.25) is 4.79 Å². The first kappa shape index (κ1) is 18.5. The summed E-state index contributed by atoms with van der Waals surface area (Å²) >= 11 is 1.20. The van der Waals surface area contributed by atoms with Gasteiger partial charge in [-0.1, -0.05) is 32.0 Å². The van der Waals surface area contributed by atoms with Crippen molar-refractivity contribution in [2.75, 3.05) is 5.32 Å². The van der Waals surface area contributed by atoms with Crippen molar-refractivity contribution in [2.24, 2.45) is 0 Å². The summed E-state index contributed by atoms with van der Waals surface area (Å²) in [6.45, 7) is 7.84. The van der Waals surface area contributed by atoms with E-state index in [4.69, 9.17) is 0 Å². The third-order valence-corrected chi connectivity index (χ3v) is 4.84. The first-order chi connectivity index (χ1) is 11.3. The molecule has 24 heavy (non-hydrogen) atoms. The lowest BCUT2D eigenvalue weighted by Gasteiger charge is -2.18. The van der Waals surface area contributed by atoms with Gasteiger partial charge in [0.25, 0.3) is 0 Å². The monoisotopic (exact) mass is 349 g/mol. The zero-order chi connectivity index (χ0) is 17.9. The van der Waals surface area contributed by atoms with Gasteiger partial charge in [0.15, 0.2) is 11.6 Å². The molecule has 1 amide bonds. The number of anilines is 1. The molecule has 5 heteroatoms. The Labute approximate surface area is 145 Å². The Kier molecular flexibility index (Phi) is 5.99. The molecular weight excluding hydrogens is 328 g/mol. The molecule has 0 radical (unpaired) electrons. The highest BCUT2D eigenvalue weighted by atomic mass is 32.2. The fourth-order valence-electron chi connectivity index (χ4n) is 2.37. The average Bonchev–Trinajstić information content (AvgIpc) is 2.52. The first-order valence-electron chi connectivity index (χ1n) is 7.81. The van der Waals surface area contributed by atoms with Crippen molar-refractivity contribution in [1.29, 1.82) is 0 Å². The van der Waals surface area contributed by atoms with Gasteiger partial charge in [0.05, 0.1) is 5.25 Å². The molecule has 0 saturated carbocycles. The molecule has 1 N–H and O–H groups in total. The maximum atomic E-state index is 13.3. The summed E-state index contributed by atoms with van der Waals surface area (Å²) < 4.78 is 26.3. The molecule has 0 bridgehead atoms. The van der Waals surface area contributed by atoms with Crippen LogP contribution < -0.4 is 5.32 Å². The van der Waals surface area contributed by atoms with E-state index >= 15 is 0 Å². The summed E-state index contributed by atoms with van der Waals surface area (Å²) in [4.78, 5) is 13.0. The highest BCUT2D eigenvalue weighted by Gasteiger charge is 2.18. The van der Waals surface area contributed by atoms with Crippen LogP contribution in [0.2, 0.25) is 0 Å². The van der Waals surface area contributed by atoms with Crippen LogP contribution in [0.25, 0.3) is 0 Å². The number of amides is 1. The van der Waals surface area contributed by atoms with Gasteiger partial charge in [0, 0.05) is 10.6 Å². The molecule has 2 aromatic carbocycles. The topological polar surface area (TPSA) is 29.1 Å². The maximum absolute atomic E-state index is 13.3. The van der Waals surface area contributed by atoms with Crippen molar-refractivity contribution < 1.29 is 13.6 Å². The van der Waals surface area contributed by atoms with Crippen molar-refractivity contribution in [1.82, 2.24) is 0 Å². The molecule has 0 spiro atoms. The molecule has 2 rings (SSSR count). The van der Waals surface area contributed by atoms with Gasteiger partial charge in [-0.2, -0.15) is 0 Å². The van der Waals surface area contributed by atoms with E-state index in [1.807, 2.05) is 25.1 Å². The van der Waals surface area contributed by atoms with Gasteiger partial charge in [0.2, 0.25) is 5.91 Å². The van der Waals surface area contributed by atoms with E-state index in [2.05, 4.69) is 19.2 Å². The lowest BCUT2D eigenvalue weighted by Crippen LogP contribution is -2.23. The number of nitrogens with one attached hydrogen (secondary N) is 1. The Morgan fingerprint density at radius 3 is 2.42 bits per heavy atom. The largest absolute Gasteiger partial charge is 0.325 e. The second-order valence-corrected chi connectivity index (χ2v) is 7.43. The Bertz CT molecular complexity index is 746. The van der Waals surface area contributed by atoms with Gasteiger partial charge in [-0.05, 0) is 49.1 Å². The molecule has 2 nitrogen and oxygen atoms in total. The minimum absolute atomic E-state index is 0.166. The van der Waals surface area contributed by atoms with Gasteiger partial charge in [-0.15, -0.1) is 11.8 Å². The summed E-state index contributed by atoms with van der Waals surface area (Å²) in [7, 11) is 0. The summed E-state index contributed by atoms with van der Waals surface area (Å²) in [5.41, 5.74) is 2.91. The smallest absolute Gasteiger partial charge is 0.237 e. The summed E-state index contributed by atoms with van der Waals surface area (Å²) in [5.74, 6) is -1.68. The van der Waals surface area contributed by atoms with Crippen LogP contribution in [0.15, 0.2) is 41.3 Å². The maximum Gasteiger partial charge on any atom is 0.237 e. The Morgan fingerprint density at radius 1 is 1.08 bits per heavy atom. The third kappa shape index (κ3) is 4.35. The fourth-order valence-corrected chi connectivity index (χ4v) is 3.27. The zero-order valence-corrected chi connectivity index (χ0v) is 15.0. The van der Waals surface area contributed by atoms with E-state index in [0.29, 0.717) is 4.90 Å². The van der Waals surface area contributed by atoms with E-state index in [1.54, 1.807) is 6.92 Å². The molecule has 0 aromatic heterocycles. The number of halogens is 2. The number of para-hydroxylation sites is 1. The van der Waals surface area contributed by atoms with Crippen LogP contribution in [0, 0.1) is 18.6 Å². The van der Waals surface area contributed by atoms with Crippen LogP contribution in [0.5, 0.6) is 0 Å². The van der Waals surface area contributed by atoms with Crippen LogP contribution in [0.4, 0.5) is 14.5 Å². The molecule has 0 fully saturated rings. The van der Waals surface area contributed by atoms with E-state index in [0.717, 1.165) is 28.9 Å². The van der Waals surface area contributed by atoms with Gasteiger partial charge < -0.3 is 5.32 Å². The number of hydrogen-bond donors (Lipinski definition) is 1. The number of rotatable bonds is 5. The highest BCUT2D eigenvalue weighted by molar-refractivity contribution is 8.00. The predicted octanol–water partition coefficient (Wildman–Crippen LogP) is 5.52. The average molecular weight is 349 g/mol. The quantitative estimate of drug-likeness (QED) is 0.721. The van der Waals surface area contributed by atoms with Crippen LogP contribution >= 0.6 is 11.8 Å². The normalized spacial score (nSPS) is 12.3. The second kappa shape index (κ2) is 7.79. The van der Waals surface area contributed by atoms with E-state index in [-0.39, 0.29) is 11.8 Å². The second-order valence-electron chi connectivity index (χ2n) is 6.02. The molecule has 0 aliphatic carbocycles. The van der Waals surface area contributed by atoms with Crippen LogP contribution in [-0.4, -0.2) is 11.2 Å². The van der Waals surface area contributed by atoms with E-state index in [1.165, 1.54) is 17.8 Å². The summed E-state index contributed by atoms with van der Waals surface area (Å²) in [6.07, 6.45) is 0. The van der Waals surface area contributed by atoms with Crippen LogP contribution in [0.3, 0.4) is 0 Å². The Balaban J connectivity index is 2.13. The highest BCUT2D eigenvalue weighted by Crippen LogP contribution is 2.30. The van der Waals surface area contributed by atoms with Crippen molar-refractivity contribution in [3.63, 3.8) is 0 Å². The van der Waals surface area contributed by atoms with Crippen molar-refractivity contribution in [2.45, 2.75) is 43.8 Å². The van der Waals surface area contributed by atoms with Crippen LogP contribution in [0.1, 0.15) is 37.8 Å². The van der Waals surface area contributed by atoms with Crippen molar-refractivity contribution >= 4 is 23.4 Å². The number of carbonyl (C=O) groups is 1. The molecule has 0 aliphatic rings. The minimum Gasteiger partial charge on any atom is -0.325 e. The molecule has 128 valence electrons. The zero-order valence-electron chi connectivity index (χ0n) is 14.2. The predicted molar refractivity (Wildman–Crippen MR) is 95.6 cm³/mol. The fraction of sp³-hybridized carbons (Fsp3) is 0.316.